The third-order valence-electron chi connectivity index (χ3n) is 2.94. The van der Waals surface area contributed by atoms with Gasteiger partial charge in [-0.25, -0.2) is 0 Å². The highest BCUT2D eigenvalue weighted by molar-refractivity contribution is 6.62. The van der Waals surface area contributed by atoms with Crippen molar-refractivity contribution < 1.29 is 9.31 Å². The molecule has 1 aliphatic heterocycles. The largest absolute Gasteiger partial charge is 0.494 e. The zero-order valence-electron chi connectivity index (χ0n) is 10.6. The summed E-state index contributed by atoms with van der Waals surface area (Å²) in [5.41, 5.74) is 8.35. The minimum absolute atomic E-state index is 0.0892. The summed E-state index contributed by atoms with van der Waals surface area (Å²) in [5, 5.41) is 0. The summed E-state index contributed by atoms with van der Waals surface area (Å²) in [4.78, 5) is 0. The number of hydrogen-bond acceptors (Lipinski definition) is 3. The molecule has 2 rings (SSSR count). The fourth-order valence-electron chi connectivity index (χ4n) is 2.17. The normalized spacial score (nSPS) is 16.4. The van der Waals surface area contributed by atoms with Crippen LogP contribution in [-0.4, -0.2) is 19.8 Å². The van der Waals surface area contributed by atoms with Gasteiger partial charge in [0.05, 0.1) is 6.61 Å². The maximum atomic E-state index is 5.99. The number of benzene rings is 1. The molecule has 1 heterocycles. The summed E-state index contributed by atoms with van der Waals surface area (Å²) in [6.07, 6.45) is 0.981. The van der Waals surface area contributed by atoms with Crippen LogP contribution in [0.3, 0.4) is 0 Å². The van der Waals surface area contributed by atoms with Crippen molar-refractivity contribution in [2.75, 3.05) is 6.61 Å². The van der Waals surface area contributed by atoms with E-state index in [4.69, 9.17) is 15.0 Å². The Kier molecular flexibility index (Phi) is 4.21. The van der Waals surface area contributed by atoms with E-state index in [0.717, 1.165) is 11.9 Å². The molecule has 1 aliphatic rings. The molecule has 0 amide bonds. The Balaban J connectivity index is 1.85. The van der Waals surface area contributed by atoms with E-state index in [9.17, 15) is 0 Å². The highest BCUT2D eigenvalue weighted by Gasteiger charge is 2.30. The minimum Gasteiger partial charge on any atom is -0.406 e. The van der Waals surface area contributed by atoms with Gasteiger partial charge >= 0.3 is 7.12 Å². The topological polar surface area (TPSA) is 44.5 Å². The average molecular weight is 233 g/mol. The fraction of sp³-hybridized carbons (Fsp3) is 0.538. The van der Waals surface area contributed by atoms with E-state index in [1.807, 2.05) is 12.1 Å². The second-order valence-electron chi connectivity index (χ2n) is 5.06. The van der Waals surface area contributed by atoms with E-state index in [1.165, 1.54) is 5.56 Å². The molecule has 0 bridgehead atoms. The van der Waals surface area contributed by atoms with E-state index >= 15 is 0 Å². The van der Waals surface area contributed by atoms with Crippen LogP contribution < -0.4 is 11.2 Å². The molecule has 0 aromatic heterocycles. The Bertz CT molecular complexity index is 370. The molecular weight excluding hydrogens is 213 g/mol. The Morgan fingerprint density at radius 1 is 1.41 bits per heavy atom. The second-order valence-corrected chi connectivity index (χ2v) is 5.06. The first-order valence-corrected chi connectivity index (χ1v) is 6.23. The number of nitrogens with two attached hydrogens (primary N) is 1. The van der Waals surface area contributed by atoms with Crippen molar-refractivity contribution >= 4 is 12.6 Å². The van der Waals surface area contributed by atoms with Crippen molar-refractivity contribution in [2.45, 2.75) is 32.9 Å². The van der Waals surface area contributed by atoms with Gasteiger partial charge in [0, 0.05) is 12.6 Å². The van der Waals surface area contributed by atoms with Gasteiger partial charge in [-0.3, -0.25) is 0 Å². The van der Waals surface area contributed by atoms with Crippen molar-refractivity contribution in [2.24, 2.45) is 11.7 Å². The minimum atomic E-state index is -0.232. The lowest BCUT2D eigenvalue weighted by Crippen LogP contribution is -2.37. The third kappa shape index (κ3) is 3.31. The van der Waals surface area contributed by atoms with Crippen LogP contribution in [0, 0.1) is 5.92 Å². The van der Waals surface area contributed by atoms with Crippen molar-refractivity contribution in [3.05, 3.63) is 29.8 Å². The maximum absolute atomic E-state index is 5.99. The van der Waals surface area contributed by atoms with Gasteiger partial charge in [-0.15, -0.1) is 0 Å². The molecule has 2 N–H and O–H groups in total. The van der Waals surface area contributed by atoms with Gasteiger partial charge < -0.3 is 15.0 Å². The molecular formula is C13H20BNO2. The van der Waals surface area contributed by atoms with E-state index in [1.54, 1.807) is 0 Å². The highest BCUT2D eigenvalue weighted by Crippen LogP contribution is 2.11. The van der Waals surface area contributed by atoms with Crippen LogP contribution in [0.2, 0.25) is 0 Å². The molecule has 1 aromatic rings. The average Bonchev–Trinajstić information content (AvgIpc) is 2.69. The quantitative estimate of drug-likeness (QED) is 0.779. The van der Waals surface area contributed by atoms with Crippen LogP contribution in [0.15, 0.2) is 24.3 Å². The van der Waals surface area contributed by atoms with Gasteiger partial charge in [-0.05, 0) is 23.4 Å². The monoisotopic (exact) mass is 233 g/mol. The second kappa shape index (κ2) is 5.67. The lowest BCUT2D eigenvalue weighted by atomic mass is 9.79. The summed E-state index contributed by atoms with van der Waals surface area (Å²) in [7, 11) is -0.232. The van der Waals surface area contributed by atoms with Gasteiger partial charge in [-0.2, -0.15) is 0 Å². The van der Waals surface area contributed by atoms with Gasteiger partial charge in [0.15, 0.2) is 0 Å². The van der Waals surface area contributed by atoms with E-state index < -0.39 is 0 Å². The lowest BCUT2D eigenvalue weighted by molar-refractivity contribution is 0.194. The molecule has 0 saturated carbocycles. The molecule has 1 unspecified atom stereocenters. The molecule has 0 aliphatic carbocycles. The molecule has 1 aromatic carbocycles. The first kappa shape index (κ1) is 12.6. The van der Waals surface area contributed by atoms with Crippen molar-refractivity contribution in [1.29, 1.82) is 0 Å². The Morgan fingerprint density at radius 2 is 2.18 bits per heavy atom. The van der Waals surface area contributed by atoms with Crippen LogP contribution in [0.5, 0.6) is 0 Å². The predicted octanol–water partition coefficient (Wildman–Crippen LogP) is 1.30. The summed E-state index contributed by atoms with van der Waals surface area (Å²) < 4.78 is 11.3. The van der Waals surface area contributed by atoms with Gasteiger partial charge in [0.25, 0.3) is 0 Å². The van der Waals surface area contributed by atoms with Crippen LogP contribution in [0.4, 0.5) is 0 Å². The number of hydrogen-bond donors (Lipinski definition) is 1. The Morgan fingerprint density at radius 3 is 2.94 bits per heavy atom. The Labute approximate surface area is 103 Å². The summed E-state index contributed by atoms with van der Waals surface area (Å²) in [5.74, 6) is 0.602. The smallest absolute Gasteiger partial charge is 0.406 e. The summed E-state index contributed by atoms with van der Waals surface area (Å²) in [6, 6.07) is 8.26. The number of rotatable bonds is 5. The van der Waals surface area contributed by atoms with Crippen molar-refractivity contribution in [3.63, 3.8) is 0 Å². The zero-order valence-corrected chi connectivity index (χ0v) is 10.6. The van der Waals surface area contributed by atoms with Crippen LogP contribution in [0.1, 0.15) is 25.8 Å². The van der Waals surface area contributed by atoms with Gasteiger partial charge in [0.2, 0.25) is 0 Å². The fourth-order valence-corrected chi connectivity index (χ4v) is 2.17. The maximum Gasteiger partial charge on any atom is 0.494 e. The molecule has 3 nitrogen and oxygen atoms in total. The predicted molar refractivity (Wildman–Crippen MR) is 70.0 cm³/mol. The van der Waals surface area contributed by atoms with Gasteiger partial charge in [0.1, 0.15) is 0 Å². The zero-order chi connectivity index (χ0) is 12.3. The van der Waals surface area contributed by atoms with E-state index in [2.05, 4.69) is 26.0 Å². The highest BCUT2D eigenvalue weighted by atomic mass is 16.6. The van der Waals surface area contributed by atoms with Crippen LogP contribution >= 0.6 is 0 Å². The van der Waals surface area contributed by atoms with Crippen molar-refractivity contribution in [3.8, 4) is 0 Å². The lowest BCUT2D eigenvalue weighted by Gasteiger charge is -2.16. The van der Waals surface area contributed by atoms with E-state index in [-0.39, 0.29) is 13.2 Å². The molecule has 0 spiro atoms. The summed E-state index contributed by atoms with van der Waals surface area (Å²) in [6.45, 7) is 5.53. The van der Waals surface area contributed by atoms with E-state index in [0.29, 0.717) is 19.1 Å². The standard InChI is InChI=1S/C13H20BNO2/c1-10(2)7-12(15)9-17-14-13-6-4-3-5-11(13)8-16-14/h3-6,10,12H,7-9,15H2,1-2H3. The number of fused-ring (bicyclic) bond motifs is 1. The van der Waals surface area contributed by atoms with Crippen LogP contribution in [-0.2, 0) is 15.9 Å². The Hall–Kier alpha value is -0.835. The molecule has 1 atom stereocenters. The summed E-state index contributed by atoms with van der Waals surface area (Å²) >= 11 is 0. The molecule has 17 heavy (non-hydrogen) atoms. The molecule has 0 saturated heterocycles. The SMILES string of the molecule is CC(C)CC(N)COB1OCc2ccccc21. The molecule has 0 fully saturated rings. The molecule has 4 heteroatoms. The molecule has 0 radical (unpaired) electrons. The van der Waals surface area contributed by atoms with Crippen molar-refractivity contribution in [1.82, 2.24) is 0 Å². The van der Waals surface area contributed by atoms with Crippen LogP contribution in [0.25, 0.3) is 0 Å². The van der Waals surface area contributed by atoms with Gasteiger partial charge in [-0.1, -0.05) is 38.1 Å². The first-order valence-electron chi connectivity index (χ1n) is 6.23. The molecule has 92 valence electrons. The first-order chi connectivity index (χ1) is 8.16. The third-order valence-corrected chi connectivity index (χ3v) is 2.94.